The summed E-state index contributed by atoms with van der Waals surface area (Å²) in [6.45, 7) is 1.00. The number of benzene rings is 2. The Hall–Kier alpha value is -2.98. The topological polar surface area (TPSA) is 101 Å². The summed E-state index contributed by atoms with van der Waals surface area (Å²) in [4.78, 5) is 30.3. The van der Waals surface area contributed by atoms with Crippen LogP contribution < -0.4 is 16.2 Å². The number of H-pyrrole nitrogens is 1. The second-order valence-corrected chi connectivity index (χ2v) is 9.88. The molecular weight excluding hydrogens is 493 g/mol. The lowest BCUT2D eigenvalue weighted by Crippen LogP contribution is -2.13. The van der Waals surface area contributed by atoms with Crippen LogP contribution >= 0.6 is 34.5 Å². The molecule has 3 aromatic heterocycles. The summed E-state index contributed by atoms with van der Waals surface area (Å²) in [7, 11) is 1.83. The maximum Gasteiger partial charge on any atom is 0.261 e. The van der Waals surface area contributed by atoms with Gasteiger partial charge in [0.1, 0.15) is 10.7 Å². The summed E-state index contributed by atoms with van der Waals surface area (Å²) >= 11 is 14.2. The highest BCUT2D eigenvalue weighted by molar-refractivity contribution is 7.10. The Morgan fingerprint density at radius 1 is 1.12 bits per heavy atom. The standard InChI is InChI=1S/C23H19Cl2N7OS/c1-32-19-14(29-23(32)30-18-11(24)4-2-5-12(18)25)8-7-13-17(19)21(33)31-20(27-13)16-10-34-22(28-16)15-6-3-9-26-15/h2,4-5,7-8,10,15,26H,3,6,9H2,1H3,(H,29,30)(H,27,31,33). The predicted octanol–water partition coefficient (Wildman–Crippen LogP) is 5.41. The van der Waals surface area contributed by atoms with E-state index < -0.39 is 0 Å². The number of fused-ring (bicyclic) bond motifs is 3. The highest BCUT2D eigenvalue weighted by Crippen LogP contribution is 2.34. The first-order valence-electron chi connectivity index (χ1n) is 10.8. The number of hydrogen-bond donors (Lipinski definition) is 3. The first-order valence-corrected chi connectivity index (χ1v) is 12.4. The van der Waals surface area contributed by atoms with Crippen molar-refractivity contribution in [2.45, 2.75) is 18.9 Å². The lowest BCUT2D eigenvalue weighted by atomic mass is 10.2. The zero-order chi connectivity index (χ0) is 23.4. The van der Waals surface area contributed by atoms with E-state index in [1.807, 2.05) is 24.6 Å². The summed E-state index contributed by atoms with van der Waals surface area (Å²) < 4.78 is 1.81. The number of rotatable bonds is 4. The lowest BCUT2D eigenvalue weighted by Gasteiger charge is -2.10. The fraction of sp³-hybridized carbons (Fsp3) is 0.217. The molecule has 3 N–H and O–H groups in total. The van der Waals surface area contributed by atoms with Crippen LogP contribution in [0.5, 0.6) is 0 Å². The summed E-state index contributed by atoms with van der Waals surface area (Å²) in [5.41, 5.74) is 2.88. The first kappa shape index (κ1) is 21.5. The monoisotopic (exact) mass is 511 g/mol. The minimum atomic E-state index is -0.246. The lowest BCUT2D eigenvalue weighted by molar-refractivity contribution is 0.643. The molecule has 1 saturated heterocycles. The van der Waals surface area contributed by atoms with Crippen molar-refractivity contribution < 1.29 is 0 Å². The van der Waals surface area contributed by atoms with E-state index in [4.69, 9.17) is 33.2 Å². The molecule has 6 rings (SSSR count). The number of nitrogens with one attached hydrogen (secondary N) is 3. The number of hydrogen-bond acceptors (Lipinski definition) is 7. The number of aromatic nitrogens is 5. The van der Waals surface area contributed by atoms with Crippen molar-refractivity contribution in [1.82, 2.24) is 29.8 Å². The molecule has 2 aromatic carbocycles. The van der Waals surface area contributed by atoms with Crippen molar-refractivity contribution >= 4 is 68.1 Å². The number of aromatic amines is 1. The number of anilines is 2. The highest BCUT2D eigenvalue weighted by Gasteiger charge is 2.21. The third-order valence-corrected chi connectivity index (χ3v) is 7.62. The molecule has 5 aromatic rings. The maximum absolute atomic E-state index is 13.2. The molecule has 11 heteroatoms. The Balaban J connectivity index is 1.44. The van der Waals surface area contributed by atoms with Gasteiger partial charge in [-0.05, 0) is 43.7 Å². The normalized spacial score (nSPS) is 16.0. The van der Waals surface area contributed by atoms with Crippen LogP contribution in [0.4, 0.5) is 11.6 Å². The maximum atomic E-state index is 13.2. The molecular formula is C23H19Cl2N7OS. The van der Waals surface area contributed by atoms with Crippen molar-refractivity contribution in [3.63, 3.8) is 0 Å². The van der Waals surface area contributed by atoms with E-state index in [0.717, 1.165) is 24.4 Å². The van der Waals surface area contributed by atoms with Gasteiger partial charge in [-0.2, -0.15) is 0 Å². The van der Waals surface area contributed by atoms with E-state index in [2.05, 4.69) is 20.6 Å². The summed E-state index contributed by atoms with van der Waals surface area (Å²) in [6, 6.07) is 9.20. The van der Waals surface area contributed by atoms with Gasteiger partial charge in [0.05, 0.1) is 43.7 Å². The second kappa shape index (κ2) is 8.35. The molecule has 1 atom stereocenters. The van der Waals surface area contributed by atoms with Gasteiger partial charge in [-0.1, -0.05) is 29.3 Å². The van der Waals surface area contributed by atoms with Gasteiger partial charge in [-0.25, -0.2) is 15.0 Å². The number of imidazole rings is 1. The minimum absolute atomic E-state index is 0.246. The molecule has 1 fully saturated rings. The number of thiazole rings is 1. The fourth-order valence-electron chi connectivity index (χ4n) is 4.34. The largest absolute Gasteiger partial charge is 0.323 e. The molecule has 0 amide bonds. The van der Waals surface area contributed by atoms with Gasteiger partial charge in [0, 0.05) is 12.4 Å². The van der Waals surface area contributed by atoms with Crippen LogP contribution in [0.1, 0.15) is 23.9 Å². The molecule has 0 spiro atoms. The zero-order valence-electron chi connectivity index (χ0n) is 18.0. The van der Waals surface area contributed by atoms with Gasteiger partial charge >= 0.3 is 0 Å². The molecule has 172 valence electrons. The Kier molecular flexibility index (Phi) is 5.29. The van der Waals surface area contributed by atoms with Gasteiger partial charge in [-0.15, -0.1) is 11.3 Å². The van der Waals surface area contributed by atoms with Crippen LogP contribution in [0.15, 0.2) is 40.5 Å². The van der Waals surface area contributed by atoms with Crippen LogP contribution in [0.3, 0.4) is 0 Å². The van der Waals surface area contributed by atoms with Crippen LogP contribution in [-0.2, 0) is 7.05 Å². The van der Waals surface area contributed by atoms with Crippen molar-refractivity contribution in [3.05, 3.63) is 61.1 Å². The van der Waals surface area contributed by atoms with Crippen LogP contribution in [0.2, 0.25) is 10.0 Å². The van der Waals surface area contributed by atoms with E-state index in [1.54, 1.807) is 34.1 Å². The van der Waals surface area contributed by atoms with Crippen LogP contribution in [0.25, 0.3) is 33.5 Å². The average Bonchev–Trinajstić information content (AvgIpc) is 3.57. The second-order valence-electron chi connectivity index (χ2n) is 8.18. The molecule has 1 aliphatic heterocycles. The van der Waals surface area contributed by atoms with E-state index >= 15 is 0 Å². The van der Waals surface area contributed by atoms with Gasteiger partial charge in [-0.3, -0.25) is 4.79 Å². The molecule has 1 aliphatic rings. The third kappa shape index (κ3) is 3.56. The van der Waals surface area contributed by atoms with E-state index in [9.17, 15) is 4.79 Å². The molecule has 0 saturated carbocycles. The summed E-state index contributed by atoms with van der Waals surface area (Å²) in [5, 5.41) is 11.0. The number of nitrogens with zero attached hydrogens (tertiary/aromatic N) is 4. The van der Waals surface area contributed by atoms with Gasteiger partial charge < -0.3 is 20.2 Å². The van der Waals surface area contributed by atoms with E-state index in [0.29, 0.717) is 55.1 Å². The molecule has 0 bridgehead atoms. The molecule has 8 nitrogen and oxygen atoms in total. The van der Waals surface area contributed by atoms with Crippen molar-refractivity contribution in [3.8, 4) is 11.5 Å². The molecule has 1 unspecified atom stereocenters. The van der Waals surface area contributed by atoms with Crippen molar-refractivity contribution in [2.24, 2.45) is 7.05 Å². The molecule has 0 radical (unpaired) electrons. The number of aryl methyl sites for hydroxylation is 1. The Morgan fingerprint density at radius 2 is 1.91 bits per heavy atom. The number of para-hydroxylation sites is 1. The van der Waals surface area contributed by atoms with Crippen LogP contribution in [-0.4, -0.2) is 31.0 Å². The van der Waals surface area contributed by atoms with Gasteiger partial charge in [0.25, 0.3) is 5.56 Å². The van der Waals surface area contributed by atoms with E-state index in [-0.39, 0.29) is 11.6 Å². The number of halogens is 2. The zero-order valence-corrected chi connectivity index (χ0v) is 20.4. The van der Waals surface area contributed by atoms with Gasteiger partial charge in [0.2, 0.25) is 5.95 Å². The first-order chi connectivity index (χ1) is 16.5. The SMILES string of the molecule is Cn1c(Nc2c(Cl)cccc2Cl)nc2ccc3nc(-c4csc(C5CCCN5)n4)[nH]c(=O)c3c21. The highest BCUT2D eigenvalue weighted by atomic mass is 35.5. The Labute approximate surface area is 208 Å². The van der Waals surface area contributed by atoms with E-state index in [1.165, 1.54) is 0 Å². The smallest absolute Gasteiger partial charge is 0.261 e. The Morgan fingerprint density at radius 3 is 2.68 bits per heavy atom. The molecule has 4 heterocycles. The summed E-state index contributed by atoms with van der Waals surface area (Å²) in [6.07, 6.45) is 2.22. The molecule has 0 aliphatic carbocycles. The van der Waals surface area contributed by atoms with Crippen molar-refractivity contribution in [1.29, 1.82) is 0 Å². The third-order valence-electron chi connectivity index (χ3n) is 6.03. The quantitative estimate of drug-likeness (QED) is 0.298. The fourth-order valence-corrected chi connectivity index (χ4v) is 5.75. The molecule has 34 heavy (non-hydrogen) atoms. The average molecular weight is 512 g/mol. The van der Waals surface area contributed by atoms with Crippen molar-refractivity contribution in [2.75, 3.05) is 11.9 Å². The predicted molar refractivity (Wildman–Crippen MR) is 137 cm³/mol. The van der Waals surface area contributed by atoms with Crippen LogP contribution in [0, 0.1) is 0 Å². The van der Waals surface area contributed by atoms with Gasteiger partial charge in [0.15, 0.2) is 5.82 Å². The minimum Gasteiger partial charge on any atom is -0.323 e. The Bertz CT molecular complexity index is 1600. The summed E-state index contributed by atoms with van der Waals surface area (Å²) in [5.74, 6) is 0.967.